The maximum absolute atomic E-state index is 4.10. The number of aromatic amines is 1. The van der Waals surface area contributed by atoms with Crippen molar-refractivity contribution in [1.82, 2.24) is 15.1 Å². The van der Waals surface area contributed by atoms with E-state index in [-0.39, 0.29) is 0 Å². The number of fused-ring (bicyclic) bond motifs is 1. The van der Waals surface area contributed by atoms with E-state index in [1.807, 2.05) is 6.20 Å². The highest BCUT2D eigenvalue weighted by atomic mass is 15.2. The average Bonchev–Trinajstić information content (AvgIpc) is 3.10. The number of hydrogen-bond acceptors (Lipinski definition) is 3. The zero-order chi connectivity index (χ0) is 17.1. The van der Waals surface area contributed by atoms with Gasteiger partial charge in [-0.25, -0.2) is 0 Å². The van der Waals surface area contributed by atoms with Crippen molar-refractivity contribution in [2.45, 2.75) is 31.7 Å². The second-order valence-electron chi connectivity index (χ2n) is 7.23. The van der Waals surface area contributed by atoms with Crippen LogP contribution in [0.3, 0.4) is 0 Å². The SMILES string of the molecule is CC(CN1CCCC(Nc2ccc3[nH]ncc3c2)C1)c1ccccc1. The number of benzene rings is 2. The van der Waals surface area contributed by atoms with Gasteiger partial charge >= 0.3 is 0 Å². The van der Waals surface area contributed by atoms with Crippen LogP contribution in [0.25, 0.3) is 10.9 Å². The number of hydrogen-bond donors (Lipinski definition) is 2. The van der Waals surface area contributed by atoms with E-state index in [1.165, 1.54) is 30.6 Å². The Morgan fingerprint density at radius 3 is 3.00 bits per heavy atom. The summed E-state index contributed by atoms with van der Waals surface area (Å²) in [4.78, 5) is 2.61. The number of piperidine rings is 1. The Bertz CT molecular complexity index is 811. The zero-order valence-electron chi connectivity index (χ0n) is 14.8. The van der Waals surface area contributed by atoms with Crippen molar-refractivity contribution < 1.29 is 0 Å². The number of likely N-dealkylation sites (tertiary alicyclic amines) is 1. The van der Waals surface area contributed by atoms with E-state index in [9.17, 15) is 0 Å². The van der Waals surface area contributed by atoms with Gasteiger partial charge in [-0.15, -0.1) is 0 Å². The van der Waals surface area contributed by atoms with Crippen molar-refractivity contribution in [1.29, 1.82) is 0 Å². The summed E-state index contributed by atoms with van der Waals surface area (Å²) in [5.41, 5.74) is 3.72. The molecule has 2 atom stereocenters. The van der Waals surface area contributed by atoms with Crippen LogP contribution in [-0.4, -0.2) is 40.8 Å². The molecule has 0 amide bonds. The monoisotopic (exact) mass is 334 g/mol. The Labute approximate surface area is 149 Å². The van der Waals surface area contributed by atoms with Gasteiger partial charge in [-0.2, -0.15) is 5.10 Å². The van der Waals surface area contributed by atoms with Crippen LogP contribution >= 0.6 is 0 Å². The lowest BCUT2D eigenvalue weighted by Gasteiger charge is -2.35. The lowest BCUT2D eigenvalue weighted by atomic mass is 9.98. The molecule has 4 nitrogen and oxygen atoms in total. The summed E-state index contributed by atoms with van der Waals surface area (Å²) < 4.78 is 0. The molecular formula is C21H26N4. The number of nitrogens with zero attached hydrogens (tertiary/aromatic N) is 2. The first-order chi connectivity index (χ1) is 12.3. The number of nitrogens with one attached hydrogen (secondary N) is 2. The summed E-state index contributed by atoms with van der Waals surface area (Å²) in [5.74, 6) is 0.572. The number of H-pyrrole nitrogens is 1. The Hall–Kier alpha value is -2.33. The number of rotatable bonds is 5. The first kappa shape index (κ1) is 16.2. The van der Waals surface area contributed by atoms with Gasteiger partial charge in [-0.3, -0.25) is 5.10 Å². The highest BCUT2D eigenvalue weighted by Crippen LogP contribution is 2.22. The van der Waals surface area contributed by atoms with Crippen LogP contribution in [0.1, 0.15) is 31.2 Å². The van der Waals surface area contributed by atoms with Crippen LogP contribution in [0.2, 0.25) is 0 Å². The minimum Gasteiger partial charge on any atom is -0.381 e. The van der Waals surface area contributed by atoms with Crippen LogP contribution in [0.5, 0.6) is 0 Å². The molecule has 1 saturated heterocycles. The van der Waals surface area contributed by atoms with Crippen molar-refractivity contribution >= 4 is 16.6 Å². The lowest BCUT2D eigenvalue weighted by Crippen LogP contribution is -2.43. The van der Waals surface area contributed by atoms with E-state index >= 15 is 0 Å². The minimum absolute atomic E-state index is 0.515. The topological polar surface area (TPSA) is 44.0 Å². The molecule has 25 heavy (non-hydrogen) atoms. The van der Waals surface area contributed by atoms with Crippen LogP contribution in [0.4, 0.5) is 5.69 Å². The van der Waals surface area contributed by atoms with E-state index in [0.717, 1.165) is 24.0 Å². The van der Waals surface area contributed by atoms with Crippen LogP contribution < -0.4 is 5.32 Å². The van der Waals surface area contributed by atoms with Crippen LogP contribution in [-0.2, 0) is 0 Å². The molecule has 1 aliphatic heterocycles. The Kier molecular flexibility index (Phi) is 4.70. The summed E-state index contributed by atoms with van der Waals surface area (Å²) in [6.07, 6.45) is 4.38. The van der Waals surface area contributed by atoms with Gasteiger partial charge in [-0.1, -0.05) is 37.3 Å². The predicted octanol–water partition coefficient (Wildman–Crippen LogP) is 4.24. The molecular weight excluding hydrogens is 308 g/mol. The Morgan fingerprint density at radius 1 is 1.24 bits per heavy atom. The first-order valence-corrected chi connectivity index (χ1v) is 9.25. The molecule has 0 spiro atoms. The van der Waals surface area contributed by atoms with Crippen molar-refractivity contribution in [3.05, 3.63) is 60.3 Å². The van der Waals surface area contributed by atoms with Crippen molar-refractivity contribution in [3.63, 3.8) is 0 Å². The molecule has 4 heteroatoms. The molecule has 0 radical (unpaired) electrons. The molecule has 1 fully saturated rings. The lowest BCUT2D eigenvalue weighted by molar-refractivity contribution is 0.207. The molecule has 2 aromatic carbocycles. The van der Waals surface area contributed by atoms with Crippen molar-refractivity contribution in [2.24, 2.45) is 0 Å². The first-order valence-electron chi connectivity index (χ1n) is 9.25. The second kappa shape index (κ2) is 7.28. The molecule has 130 valence electrons. The molecule has 1 aromatic heterocycles. The third-order valence-electron chi connectivity index (χ3n) is 5.22. The van der Waals surface area contributed by atoms with E-state index in [1.54, 1.807) is 0 Å². The van der Waals surface area contributed by atoms with E-state index in [4.69, 9.17) is 0 Å². The van der Waals surface area contributed by atoms with Crippen LogP contribution in [0.15, 0.2) is 54.7 Å². The molecule has 3 aromatic rings. The van der Waals surface area contributed by atoms with Gasteiger partial charge in [0.25, 0.3) is 0 Å². The fourth-order valence-corrected chi connectivity index (χ4v) is 3.88. The Morgan fingerprint density at radius 2 is 2.12 bits per heavy atom. The quantitative estimate of drug-likeness (QED) is 0.733. The number of aromatic nitrogens is 2. The van der Waals surface area contributed by atoms with Gasteiger partial charge < -0.3 is 10.2 Å². The van der Waals surface area contributed by atoms with Gasteiger partial charge in [0.15, 0.2) is 0 Å². The van der Waals surface area contributed by atoms with Gasteiger partial charge in [0.2, 0.25) is 0 Å². The van der Waals surface area contributed by atoms with Gasteiger partial charge in [-0.05, 0) is 49.1 Å². The average molecular weight is 334 g/mol. The van der Waals surface area contributed by atoms with E-state index in [2.05, 4.69) is 75.9 Å². The third kappa shape index (κ3) is 3.85. The highest BCUT2D eigenvalue weighted by Gasteiger charge is 2.21. The summed E-state index contributed by atoms with van der Waals surface area (Å²) in [6.45, 7) is 5.78. The van der Waals surface area contributed by atoms with Gasteiger partial charge in [0, 0.05) is 30.2 Å². The number of anilines is 1. The predicted molar refractivity (Wildman–Crippen MR) is 104 cm³/mol. The third-order valence-corrected chi connectivity index (χ3v) is 5.22. The fourth-order valence-electron chi connectivity index (χ4n) is 3.88. The molecule has 1 aliphatic rings. The molecule has 0 bridgehead atoms. The minimum atomic E-state index is 0.515. The summed E-state index contributed by atoms with van der Waals surface area (Å²) in [5, 5.41) is 12.0. The van der Waals surface area contributed by atoms with Crippen molar-refractivity contribution in [3.8, 4) is 0 Å². The second-order valence-corrected chi connectivity index (χ2v) is 7.23. The van der Waals surface area contributed by atoms with Gasteiger partial charge in [0.1, 0.15) is 0 Å². The highest BCUT2D eigenvalue weighted by molar-refractivity contribution is 5.81. The largest absolute Gasteiger partial charge is 0.381 e. The summed E-state index contributed by atoms with van der Waals surface area (Å²) in [6, 6.07) is 17.8. The molecule has 4 rings (SSSR count). The zero-order valence-corrected chi connectivity index (χ0v) is 14.8. The summed E-state index contributed by atoms with van der Waals surface area (Å²) >= 11 is 0. The van der Waals surface area contributed by atoms with E-state index < -0.39 is 0 Å². The van der Waals surface area contributed by atoms with Gasteiger partial charge in [0.05, 0.1) is 11.7 Å². The molecule has 2 heterocycles. The van der Waals surface area contributed by atoms with E-state index in [0.29, 0.717) is 12.0 Å². The fraction of sp³-hybridized carbons (Fsp3) is 0.381. The van der Waals surface area contributed by atoms with Crippen molar-refractivity contribution in [2.75, 3.05) is 25.0 Å². The maximum atomic E-state index is 4.10. The molecule has 2 unspecified atom stereocenters. The molecule has 0 saturated carbocycles. The Balaban J connectivity index is 1.37. The standard InChI is InChI=1S/C21H26N4/c1-16(17-6-3-2-4-7-17)14-25-11-5-8-20(15-25)23-19-9-10-21-18(12-19)13-22-24-21/h2-4,6-7,9-10,12-13,16,20,23H,5,8,11,14-15H2,1H3,(H,22,24). The molecule has 2 N–H and O–H groups in total. The smallest absolute Gasteiger partial charge is 0.0651 e. The molecule has 0 aliphatic carbocycles. The maximum Gasteiger partial charge on any atom is 0.0651 e. The normalized spacial score (nSPS) is 19.8. The summed E-state index contributed by atoms with van der Waals surface area (Å²) in [7, 11) is 0. The van der Waals surface area contributed by atoms with Crippen LogP contribution in [0, 0.1) is 0 Å².